The van der Waals surface area contributed by atoms with Gasteiger partial charge in [0.15, 0.2) is 0 Å². The first-order valence-electron chi connectivity index (χ1n) is 7.56. The van der Waals surface area contributed by atoms with Crippen LogP contribution in [0, 0.1) is 6.92 Å². The normalized spacial score (nSPS) is 12.2. The molecule has 3 nitrogen and oxygen atoms in total. The maximum absolute atomic E-state index is 5.98. The van der Waals surface area contributed by atoms with Gasteiger partial charge < -0.3 is 10.6 Å². The summed E-state index contributed by atoms with van der Waals surface area (Å²) in [5.74, 6) is 0.993. The summed E-state index contributed by atoms with van der Waals surface area (Å²) < 4.78 is 0. The molecule has 112 valence electrons. The lowest BCUT2D eigenvalue weighted by atomic mass is 10.1. The summed E-state index contributed by atoms with van der Waals surface area (Å²) in [6.07, 6.45) is 3.83. The van der Waals surface area contributed by atoms with Crippen LogP contribution in [0.15, 0.2) is 42.6 Å². The lowest BCUT2D eigenvalue weighted by Crippen LogP contribution is -2.22. The van der Waals surface area contributed by atoms with Gasteiger partial charge in [0.1, 0.15) is 5.82 Å². The Labute approximate surface area is 127 Å². The number of aryl methyl sites for hydroxylation is 1. The van der Waals surface area contributed by atoms with E-state index in [0.29, 0.717) is 0 Å². The lowest BCUT2D eigenvalue weighted by molar-refractivity contribution is 0.645. The van der Waals surface area contributed by atoms with E-state index in [1.54, 1.807) is 0 Å². The summed E-state index contributed by atoms with van der Waals surface area (Å²) in [6, 6.07) is 12.9. The number of aromatic nitrogens is 1. The lowest BCUT2D eigenvalue weighted by Gasteiger charge is -2.20. The fourth-order valence-electron chi connectivity index (χ4n) is 2.33. The number of nitrogens with two attached hydrogens (primary N) is 1. The van der Waals surface area contributed by atoms with Crippen LogP contribution in [-0.2, 0) is 13.0 Å². The van der Waals surface area contributed by atoms with E-state index in [2.05, 4.69) is 67.2 Å². The predicted molar refractivity (Wildman–Crippen MR) is 89.5 cm³/mol. The fourth-order valence-corrected chi connectivity index (χ4v) is 2.33. The molecule has 0 spiro atoms. The Hall–Kier alpha value is -1.87. The Kier molecular flexibility index (Phi) is 5.34. The molecule has 0 fully saturated rings. The average Bonchev–Trinajstić information content (AvgIpc) is 2.50. The van der Waals surface area contributed by atoms with Crippen molar-refractivity contribution in [3.63, 3.8) is 0 Å². The van der Waals surface area contributed by atoms with E-state index < -0.39 is 0 Å². The van der Waals surface area contributed by atoms with Crippen molar-refractivity contribution < 1.29 is 0 Å². The summed E-state index contributed by atoms with van der Waals surface area (Å²) in [5, 5.41) is 0. The van der Waals surface area contributed by atoms with E-state index >= 15 is 0 Å². The van der Waals surface area contributed by atoms with Crippen LogP contribution in [0.2, 0.25) is 0 Å². The maximum atomic E-state index is 5.98. The van der Waals surface area contributed by atoms with Crippen molar-refractivity contribution in [3.05, 3.63) is 59.3 Å². The highest BCUT2D eigenvalue weighted by Gasteiger charge is 2.07. The van der Waals surface area contributed by atoms with Crippen LogP contribution in [0.4, 0.5) is 5.82 Å². The number of rotatable bonds is 6. The molecule has 0 bridgehead atoms. The monoisotopic (exact) mass is 283 g/mol. The third-order valence-electron chi connectivity index (χ3n) is 3.89. The number of pyridine rings is 1. The average molecular weight is 283 g/mol. The number of nitrogens with zero attached hydrogens (tertiary/aromatic N) is 2. The van der Waals surface area contributed by atoms with Crippen LogP contribution >= 0.6 is 0 Å². The van der Waals surface area contributed by atoms with E-state index in [-0.39, 0.29) is 6.04 Å². The van der Waals surface area contributed by atoms with Gasteiger partial charge in [-0.2, -0.15) is 0 Å². The Morgan fingerprint density at radius 1 is 1.19 bits per heavy atom. The van der Waals surface area contributed by atoms with E-state index in [9.17, 15) is 0 Å². The molecule has 21 heavy (non-hydrogen) atoms. The van der Waals surface area contributed by atoms with Crippen LogP contribution in [0.1, 0.15) is 30.0 Å². The van der Waals surface area contributed by atoms with Crippen molar-refractivity contribution in [1.82, 2.24) is 4.98 Å². The number of benzene rings is 1. The fraction of sp³-hybridized carbons (Fsp3) is 0.389. The molecule has 1 aromatic heterocycles. The molecule has 2 aromatic rings. The van der Waals surface area contributed by atoms with E-state index in [0.717, 1.165) is 25.2 Å². The van der Waals surface area contributed by atoms with Crippen LogP contribution < -0.4 is 10.6 Å². The van der Waals surface area contributed by atoms with Crippen molar-refractivity contribution in [1.29, 1.82) is 0 Å². The molecular formula is C18H25N3. The molecule has 0 aliphatic heterocycles. The second-order valence-electron chi connectivity index (χ2n) is 5.68. The Balaban J connectivity index is 2.03. The molecule has 0 aliphatic rings. The minimum absolute atomic E-state index is 0.224. The number of hydrogen-bond donors (Lipinski definition) is 1. The van der Waals surface area contributed by atoms with E-state index in [1.165, 1.54) is 16.7 Å². The largest absolute Gasteiger partial charge is 0.355 e. The van der Waals surface area contributed by atoms with Crippen LogP contribution in [0.3, 0.4) is 0 Å². The van der Waals surface area contributed by atoms with Gasteiger partial charge in [-0.3, -0.25) is 0 Å². The highest BCUT2D eigenvalue weighted by molar-refractivity contribution is 5.40. The van der Waals surface area contributed by atoms with Crippen LogP contribution in [-0.4, -0.2) is 18.1 Å². The third kappa shape index (κ3) is 4.30. The molecule has 0 amide bonds. The molecule has 0 aliphatic carbocycles. The summed E-state index contributed by atoms with van der Waals surface area (Å²) >= 11 is 0. The smallest absolute Gasteiger partial charge is 0.128 e. The van der Waals surface area contributed by atoms with Crippen molar-refractivity contribution in [3.8, 4) is 0 Å². The van der Waals surface area contributed by atoms with Crippen molar-refractivity contribution in [2.45, 2.75) is 39.3 Å². The highest BCUT2D eigenvalue weighted by Crippen LogP contribution is 2.16. The topological polar surface area (TPSA) is 42.1 Å². The Morgan fingerprint density at radius 2 is 1.95 bits per heavy atom. The first kappa shape index (κ1) is 15.5. The van der Waals surface area contributed by atoms with Crippen molar-refractivity contribution in [2.24, 2.45) is 5.73 Å². The zero-order valence-electron chi connectivity index (χ0n) is 13.2. The van der Waals surface area contributed by atoms with Gasteiger partial charge in [-0.15, -0.1) is 0 Å². The molecule has 2 N–H and O–H groups in total. The van der Waals surface area contributed by atoms with E-state index in [4.69, 9.17) is 5.73 Å². The molecule has 1 heterocycles. The van der Waals surface area contributed by atoms with Crippen LogP contribution in [0.5, 0.6) is 0 Å². The Bertz CT molecular complexity index is 563. The highest BCUT2D eigenvalue weighted by atomic mass is 15.2. The molecule has 0 radical (unpaired) electrons. The first-order chi connectivity index (χ1) is 10.1. The summed E-state index contributed by atoms with van der Waals surface area (Å²) in [5.41, 5.74) is 9.84. The zero-order valence-corrected chi connectivity index (χ0v) is 13.2. The van der Waals surface area contributed by atoms with Gasteiger partial charge in [-0.05, 0) is 42.5 Å². The maximum Gasteiger partial charge on any atom is 0.128 e. The van der Waals surface area contributed by atoms with E-state index in [1.807, 2.05) is 6.20 Å². The molecule has 0 saturated carbocycles. The molecule has 1 atom stereocenters. The minimum atomic E-state index is 0.224. The molecular weight excluding hydrogens is 258 g/mol. The second kappa shape index (κ2) is 7.23. The quantitative estimate of drug-likeness (QED) is 0.884. The summed E-state index contributed by atoms with van der Waals surface area (Å²) in [6.45, 7) is 5.13. The molecule has 2 rings (SSSR count). The van der Waals surface area contributed by atoms with Gasteiger partial charge in [-0.1, -0.05) is 37.3 Å². The Morgan fingerprint density at radius 3 is 2.57 bits per heavy atom. The second-order valence-corrected chi connectivity index (χ2v) is 5.68. The number of hydrogen-bond acceptors (Lipinski definition) is 3. The minimum Gasteiger partial charge on any atom is -0.355 e. The molecule has 3 heteroatoms. The predicted octanol–water partition coefficient (Wildman–Crippen LogP) is 3.31. The van der Waals surface area contributed by atoms with Gasteiger partial charge in [0.2, 0.25) is 0 Å². The summed E-state index contributed by atoms with van der Waals surface area (Å²) in [4.78, 5) is 6.73. The van der Waals surface area contributed by atoms with Gasteiger partial charge in [0.05, 0.1) is 0 Å². The molecule has 1 aromatic carbocycles. The van der Waals surface area contributed by atoms with Gasteiger partial charge in [-0.25, -0.2) is 4.98 Å². The third-order valence-corrected chi connectivity index (χ3v) is 3.89. The summed E-state index contributed by atoms with van der Waals surface area (Å²) in [7, 11) is 2.08. The van der Waals surface area contributed by atoms with Gasteiger partial charge in [0, 0.05) is 25.8 Å². The van der Waals surface area contributed by atoms with Crippen molar-refractivity contribution >= 4 is 5.82 Å². The molecule has 1 unspecified atom stereocenters. The van der Waals surface area contributed by atoms with Gasteiger partial charge >= 0.3 is 0 Å². The number of anilines is 1. The SMILES string of the molecule is CCC(N)Cc1ccc(N(C)Cc2ccccc2C)nc1. The van der Waals surface area contributed by atoms with Crippen molar-refractivity contribution in [2.75, 3.05) is 11.9 Å². The zero-order chi connectivity index (χ0) is 15.2. The first-order valence-corrected chi connectivity index (χ1v) is 7.56. The van der Waals surface area contributed by atoms with Crippen LogP contribution in [0.25, 0.3) is 0 Å². The standard InChI is InChI=1S/C18H25N3/c1-4-17(19)11-15-9-10-18(20-12-15)21(3)13-16-8-6-5-7-14(16)2/h5-10,12,17H,4,11,13,19H2,1-3H3. The molecule has 0 saturated heterocycles. The van der Waals surface area contributed by atoms with Gasteiger partial charge in [0.25, 0.3) is 0 Å².